The van der Waals surface area contributed by atoms with Crippen LogP contribution in [0, 0.1) is 11.3 Å². The molecule has 1 aliphatic heterocycles. The van der Waals surface area contributed by atoms with Gasteiger partial charge in [-0.05, 0) is 48.2 Å². The number of methoxy groups -OCH3 is 1. The number of pyridine rings is 1. The monoisotopic (exact) mass is 492 g/mol. The van der Waals surface area contributed by atoms with Gasteiger partial charge in [-0.25, -0.2) is 0 Å². The van der Waals surface area contributed by atoms with Crippen molar-refractivity contribution in [3.05, 3.63) is 83.7 Å². The molecule has 2 aromatic heterocycles. The van der Waals surface area contributed by atoms with E-state index in [1.54, 1.807) is 29.2 Å². The molecule has 1 aliphatic rings. The first-order valence-corrected chi connectivity index (χ1v) is 11.9. The van der Waals surface area contributed by atoms with Crippen LogP contribution in [-0.4, -0.2) is 51.9 Å². The number of benzene rings is 2. The van der Waals surface area contributed by atoms with Crippen molar-refractivity contribution < 1.29 is 19.4 Å². The minimum Gasteiger partial charge on any atom is -0.508 e. The van der Waals surface area contributed by atoms with Gasteiger partial charge in [0.25, 0.3) is 11.7 Å². The largest absolute Gasteiger partial charge is 0.508 e. The first-order valence-electron chi connectivity index (χ1n) is 11.9. The Labute approximate surface area is 213 Å². The molecule has 0 atom stereocenters. The fraction of sp³-hybridized carbons (Fsp3) is 0.172. The summed E-state index contributed by atoms with van der Waals surface area (Å²) in [5, 5.41) is 19.8. The second-order valence-corrected chi connectivity index (χ2v) is 8.75. The Kier molecular flexibility index (Phi) is 6.43. The third kappa shape index (κ3) is 4.43. The molecule has 1 saturated heterocycles. The highest BCUT2D eigenvalue weighted by Crippen LogP contribution is 2.35. The quantitative estimate of drug-likeness (QED) is 0.236. The molecule has 8 nitrogen and oxygen atoms in total. The number of nitriles is 1. The topological polar surface area (TPSA) is 119 Å². The van der Waals surface area contributed by atoms with Gasteiger partial charge >= 0.3 is 0 Å². The average Bonchev–Trinajstić information content (AvgIpc) is 3.39. The molecule has 37 heavy (non-hydrogen) atoms. The summed E-state index contributed by atoms with van der Waals surface area (Å²) in [6.07, 6.45) is 4.09. The van der Waals surface area contributed by atoms with Crippen molar-refractivity contribution >= 4 is 28.2 Å². The van der Waals surface area contributed by atoms with Gasteiger partial charge in [-0.1, -0.05) is 30.3 Å². The van der Waals surface area contributed by atoms with E-state index in [1.807, 2.05) is 30.3 Å². The van der Waals surface area contributed by atoms with Crippen LogP contribution in [0.25, 0.3) is 27.7 Å². The maximum atomic E-state index is 13.4. The molecule has 0 aliphatic carbocycles. The number of nitrogens with zero attached hydrogens (tertiary/aromatic N) is 3. The van der Waals surface area contributed by atoms with E-state index in [9.17, 15) is 20.0 Å². The van der Waals surface area contributed by atoms with Crippen LogP contribution in [0.15, 0.2) is 72.6 Å². The standard InChI is InChI=1S/C29H24N4O4/c1-37-24-17-32-26(20-7-9-21(34)10-8-20)27-25(24)23(16-31-27)28(35)29(36)33-13-11-19(12-14-33)22(15-30)18-5-3-2-4-6-18/h2-10,16-17,31,34H,11-14H2,1H3. The van der Waals surface area contributed by atoms with Gasteiger partial charge in [-0.15, -0.1) is 0 Å². The van der Waals surface area contributed by atoms with E-state index < -0.39 is 11.7 Å². The molecule has 1 amide bonds. The van der Waals surface area contributed by atoms with Gasteiger partial charge < -0.3 is 19.7 Å². The third-order valence-corrected chi connectivity index (χ3v) is 6.66. The molecule has 8 heteroatoms. The number of fused-ring (bicyclic) bond motifs is 1. The Hall–Kier alpha value is -4.90. The highest BCUT2D eigenvalue weighted by Gasteiger charge is 2.30. The third-order valence-electron chi connectivity index (χ3n) is 6.66. The zero-order valence-corrected chi connectivity index (χ0v) is 20.2. The number of piperidine rings is 1. The summed E-state index contributed by atoms with van der Waals surface area (Å²) < 4.78 is 5.47. The van der Waals surface area contributed by atoms with Crippen molar-refractivity contribution in [1.82, 2.24) is 14.9 Å². The summed E-state index contributed by atoms with van der Waals surface area (Å²) in [5.74, 6) is -0.724. The predicted octanol–water partition coefficient (Wildman–Crippen LogP) is 4.73. The molecular formula is C29H24N4O4. The van der Waals surface area contributed by atoms with Crippen molar-refractivity contribution in [3.8, 4) is 28.8 Å². The molecule has 0 radical (unpaired) electrons. The molecule has 0 saturated carbocycles. The Balaban J connectivity index is 1.42. The van der Waals surface area contributed by atoms with E-state index in [0.717, 1.165) is 16.7 Å². The number of phenols is 1. The molecule has 1 fully saturated rings. The number of ketones is 1. The van der Waals surface area contributed by atoms with Crippen LogP contribution in [0.1, 0.15) is 28.8 Å². The number of hydrogen-bond acceptors (Lipinski definition) is 6. The number of Topliss-reactive ketones (excluding diaryl/α,β-unsaturated/α-hetero) is 1. The number of rotatable bonds is 5. The van der Waals surface area contributed by atoms with Gasteiger partial charge in [0.15, 0.2) is 0 Å². The van der Waals surface area contributed by atoms with Gasteiger partial charge in [-0.2, -0.15) is 5.26 Å². The number of hydrogen-bond donors (Lipinski definition) is 2. The molecule has 0 unspecified atom stereocenters. The Morgan fingerprint density at radius 1 is 1.08 bits per heavy atom. The second kappa shape index (κ2) is 9.99. The number of carbonyl (C=O) groups is 2. The summed E-state index contributed by atoms with van der Waals surface area (Å²) in [6.45, 7) is 0.718. The van der Waals surface area contributed by atoms with E-state index in [1.165, 1.54) is 19.5 Å². The average molecular weight is 493 g/mol. The van der Waals surface area contributed by atoms with Crippen molar-refractivity contribution in [1.29, 1.82) is 5.26 Å². The highest BCUT2D eigenvalue weighted by molar-refractivity contribution is 6.45. The van der Waals surface area contributed by atoms with Gasteiger partial charge in [0.1, 0.15) is 11.5 Å². The number of ether oxygens (including phenoxy) is 1. The van der Waals surface area contributed by atoms with E-state index in [-0.39, 0.29) is 11.3 Å². The molecule has 4 aromatic rings. The first kappa shape index (κ1) is 23.8. The SMILES string of the molecule is COc1cnc(-c2ccc(O)cc2)c2[nH]cc(C(=O)C(=O)N3CCC(=C(C#N)c4ccccc4)CC3)c12. The molecular weight excluding hydrogens is 468 g/mol. The molecule has 3 heterocycles. The number of likely N-dealkylation sites (tertiary alicyclic amines) is 1. The predicted molar refractivity (Wildman–Crippen MR) is 139 cm³/mol. The highest BCUT2D eigenvalue weighted by atomic mass is 16.5. The number of phenolic OH excluding ortho intramolecular Hbond substituents is 1. The zero-order chi connectivity index (χ0) is 25.9. The fourth-order valence-electron chi connectivity index (χ4n) is 4.73. The fourth-order valence-corrected chi connectivity index (χ4v) is 4.73. The lowest BCUT2D eigenvalue weighted by molar-refractivity contribution is -0.126. The normalized spacial score (nSPS) is 13.3. The second-order valence-electron chi connectivity index (χ2n) is 8.75. The number of aromatic hydroxyl groups is 1. The molecule has 0 bridgehead atoms. The maximum Gasteiger partial charge on any atom is 0.295 e. The van der Waals surface area contributed by atoms with Crippen LogP contribution in [0.3, 0.4) is 0 Å². The van der Waals surface area contributed by atoms with E-state index >= 15 is 0 Å². The van der Waals surface area contributed by atoms with Gasteiger partial charge in [0, 0.05) is 24.8 Å². The Morgan fingerprint density at radius 3 is 2.43 bits per heavy atom. The van der Waals surface area contributed by atoms with Crippen LogP contribution in [0.4, 0.5) is 0 Å². The number of H-pyrrole nitrogens is 1. The van der Waals surface area contributed by atoms with Crippen molar-refractivity contribution in [2.45, 2.75) is 12.8 Å². The van der Waals surface area contributed by atoms with Gasteiger partial charge in [0.05, 0.1) is 47.1 Å². The number of carbonyl (C=O) groups excluding carboxylic acids is 2. The smallest absolute Gasteiger partial charge is 0.295 e. The summed E-state index contributed by atoms with van der Waals surface area (Å²) in [7, 11) is 1.48. The summed E-state index contributed by atoms with van der Waals surface area (Å²) in [6, 6.07) is 18.3. The Bertz CT molecular complexity index is 1550. The minimum absolute atomic E-state index is 0.131. The molecule has 5 rings (SSSR count). The molecule has 0 spiro atoms. The molecule has 184 valence electrons. The van der Waals surface area contributed by atoms with E-state index in [2.05, 4.69) is 16.0 Å². The lowest BCUT2D eigenvalue weighted by Crippen LogP contribution is -2.40. The Morgan fingerprint density at radius 2 is 1.78 bits per heavy atom. The number of allylic oxidation sites excluding steroid dienone is 1. The number of aromatic amines is 1. The van der Waals surface area contributed by atoms with Gasteiger partial charge in [-0.3, -0.25) is 14.6 Å². The van der Waals surface area contributed by atoms with Crippen LogP contribution in [0.5, 0.6) is 11.5 Å². The van der Waals surface area contributed by atoms with Crippen LogP contribution in [0.2, 0.25) is 0 Å². The maximum absolute atomic E-state index is 13.4. The van der Waals surface area contributed by atoms with Crippen LogP contribution < -0.4 is 4.74 Å². The lowest BCUT2D eigenvalue weighted by Gasteiger charge is -2.28. The van der Waals surface area contributed by atoms with Gasteiger partial charge in [0.2, 0.25) is 0 Å². The molecule has 2 N–H and O–H groups in total. The summed E-state index contributed by atoms with van der Waals surface area (Å²) in [4.78, 5) is 35.7. The number of nitrogens with one attached hydrogen (secondary N) is 1. The lowest BCUT2D eigenvalue weighted by atomic mass is 9.93. The number of amides is 1. The zero-order valence-electron chi connectivity index (χ0n) is 20.2. The first-order chi connectivity index (χ1) is 18.0. The molecule has 2 aromatic carbocycles. The van der Waals surface area contributed by atoms with Crippen molar-refractivity contribution in [2.75, 3.05) is 20.2 Å². The van der Waals surface area contributed by atoms with Crippen LogP contribution in [-0.2, 0) is 4.79 Å². The number of aromatic nitrogens is 2. The summed E-state index contributed by atoms with van der Waals surface area (Å²) in [5.41, 5.74) is 4.56. The van der Waals surface area contributed by atoms with Crippen molar-refractivity contribution in [2.24, 2.45) is 0 Å². The summed E-state index contributed by atoms with van der Waals surface area (Å²) >= 11 is 0. The van der Waals surface area contributed by atoms with Crippen LogP contribution >= 0.6 is 0 Å². The van der Waals surface area contributed by atoms with E-state index in [0.29, 0.717) is 53.9 Å². The minimum atomic E-state index is -0.636. The van der Waals surface area contributed by atoms with Crippen molar-refractivity contribution in [3.63, 3.8) is 0 Å². The van der Waals surface area contributed by atoms with E-state index in [4.69, 9.17) is 4.74 Å².